The summed E-state index contributed by atoms with van der Waals surface area (Å²) in [6.45, 7) is 2.49. The quantitative estimate of drug-likeness (QED) is 0.853. The Morgan fingerprint density at radius 1 is 1.41 bits per heavy atom. The highest BCUT2D eigenvalue weighted by molar-refractivity contribution is 7.92. The summed E-state index contributed by atoms with van der Waals surface area (Å²) in [6.07, 6.45) is 0.666. The van der Waals surface area contributed by atoms with Crippen molar-refractivity contribution in [1.29, 1.82) is 0 Å². The number of halogens is 1. The van der Waals surface area contributed by atoms with Crippen LogP contribution in [0.25, 0.3) is 0 Å². The van der Waals surface area contributed by atoms with Crippen molar-refractivity contribution in [2.24, 2.45) is 0 Å². The highest BCUT2D eigenvalue weighted by Gasteiger charge is 2.29. The van der Waals surface area contributed by atoms with E-state index in [2.05, 4.69) is 5.32 Å². The lowest BCUT2D eigenvalue weighted by atomic mass is 10.1. The van der Waals surface area contributed by atoms with Gasteiger partial charge < -0.3 is 5.32 Å². The largest absolute Gasteiger partial charge is 0.309 e. The molecule has 5 heteroatoms. The Balaban J connectivity index is 2.28. The third-order valence-corrected chi connectivity index (χ3v) is 5.70. The van der Waals surface area contributed by atoms with Gasteiger partial charge in [-0.1, -0.05) is 23.7 Å². The molecule has 1 heterocycles. The van der Waals surface area contributed by atoms with E-state index in [9.17, 15) is 8.42 Å². The van der Waals surface area contributed by atoms with Gasteiger partial charge in [-0.3, -0.25) is 0 Å². The standard InChI is InChI=1S/C12H16ClNO2S/c1-9-5-6-14-12(8-17(9,15)16)10-3-2-4-11(13)7-10/h2-4,7,9,12,14H,5-6,8H2,1H3. The predicted molar refractivity (Wildman–Crippen MR) is 70.1 cm³/mol. The first kappa shape index (κ1) is 12.9. The van der Waals surface area contributed by atoms with Crippen LogP contribution in [0.2, 0.25) is 5.02 Å². The lowest BCUT2D eigenvalue weighted by Crippen LogP contribution is -2.26. The SMILES string of the molecule is CC1CCNC(c2cccc(Cl)c2)CS1(=O)=O. The van der Waals surface area contributed by atoms with Crippen LogP contribution in [-0.2, 0) is 9.84 Å². The maximum Gasteiger partial charge on any atom is 0.154 e. The van der Waals surface area contributed by atoms with Gasteiger partial charge in [-0.15, -0.1) is 0 Å². The number of hydrogen-bond acceptors (Lipinski definition) is 3. The van der Waals surface area contributed by atoms with Crippen LogP contribution in [0, 0.1) is 0 Å². The Bertz CT molecular complexity index is 501. The number of rotatable bonds is 1. The van der Waals surface area contributed by atoms with Crippen LogP contribution in [0.4, 0.5) is 0 Å². The fourth-order valence-electron chi connectivity index (χ4n) is 2.03. The Kier molecular flexibility index (Phi) is 3.76. The summed E-state index contributed by atoms with van der Waals surface area (Å²) in [5, 5.41) is 3.65. The van der Waals surface area contributed by atoms with Crippen molar-refractivity contribution in [2.45, 2.75) is 24.6 Å². The fourth-order valence-corrected chi connectivity index (χ4v) is 3.81. The molecule has 1 aliphatic heterocycles. The summed E-state index contributed by atoms with van der Waals surface area (Å²) < 4.78 is 24.0. The molecule has 2 unspecified atom stereocenters. The van der Waals surface area contributed by atoms with Crippen molar-refractivity contribution in [3.63, 3.8) is 0 Å². The monoisotopic (exact) mass is 273 g/mol. The topological polar surface area (TPSA) is 46.2 Å². The Hall–Kier alpha value is -0.580. The molecule has 0 saturated carbocycles. The molecule has 2 rings (SSSR count). The molecule has 0 spiro atoms. The zero-order chi connectivity index (χ0) is 12.5. The van der Waals surface area contributed by atoms with Crippen molar-refractivity contribution in [3.8, 4) is 0 Å². The normalized spacial score (nSPS) is 28.6. The van der Waals surface area contributed by atoms with Gasteiger partial charge in [0.25, 0.3) is 0 Å². The minimum Gasteiger partial charge on any atom is -0.309 e. The first-order chi connectivity index (χ1) is 7.99. The second kappa shape index (κ2) is 4.96. The van der Waals surface area contributed by atoms with Crippen LogP contribution >= 0.6 is 11.6 Å². The molecule has 1 aromatic rings. The molecular formula is C12H16ClNO2S. The fraction of sp³-hybridized carbons (Fsp3) is 0.500. The van der Waals surface area contributed by atoms with Crippen LogP contribution in [-0.4, -0.2) is 26.0 Å². The first-order valence-corrected chi connectivity index (χ1v) is 7.79. The molecule has 0 aliphatic carbocycles. The van der Waals surface area contributed by atoms with E-state index in [-0.39, 0.29) is 17.0 Å². The summed E-state index contributed by atoms with van der Waals surface area (Å²) in [7, 11) is -3.01. The van der Waals surface area contributed by atoms with Gasteiger partial charge in [0.15, 0.2) is 9.84 Å². The smallest absolute Gasteiger partial charge is 0.154 e. The molecule has 1 saturated heterocycles. The number of hydrogen-bond donors (Lipinski definition) is 1. The van der Waals surface area contributed by atoms with Crippen molar-refractivity contribution < 1.29 is 8.42 Å². The van der Waals surface area contributed by atoms with Gasteiger partial charge in [-0.2, -0.15) is 0 Å². The summed E-state index contributed by atoms with van der Waals surface area (Å²) in [5.41, 5.74) is 0.940. The third-order valence-electron chi connectivity index (χ3n) is 3.20. The maximum atomic E-state index is 12.0. The third kappa shape index (κ3) is 3.00. The molecule has 1 aromatic carbocycles. The van der Waals surface area contributed by atoms with E-state index < -0.39 is 9.84 Å². The van der Waals surface area contributed by atoms with Gasteiger partial charge in [0.2, 0.25) is 0 Å². The number of sulfone groups is 1. The summed E-state index contributed by atoms with van der Waals surface area (Å²) >= 11 is 5.93. The van der Waals surface area contributed by atoms with Crippen LogP contribution in [0.5, 0.6) is 0 Å². The van der Waals surface area contributed by atoms with Crippen molar-refractivity contribution in [1.82, 2.24) is 5.32 Å². The molecular weight excluding hydrogens is 258 g/mol. The van der Waals surface area contributed by atoms with Crippen molar-refractivity contribution in [2.75, 3.05) is 12.3 Å². The summed E-state index contributed by atoms with van der Waals surface area (Å²) in [6, 6.07) is 7.22. The van der Waals surface area contributed by atoms with Gasteiger partial charge >= 0.3 is 0 Å². The van der Waals surface area contributed by atoms with E-state index in [0.29, 0.717) is 11.4 Å². The zero-order valence-corrected chi connectivity index (χ0v) is 11.3. The van der Waals surface area contributed by atoms with Crippen LogP contribution in [0.3, 0.4) is 0 Å². The van der Waals surface area contributed by atoms with Crippen molar-refractivity contribution in [3.05, 3.63) is 34.9 Å². The molecule has 3 nitrogen and oxygen atoms in total. The van der Waals surface area contributed by atoms with Gasteiger partial charge in [0, 0.05) is 11.1 Å². The molecule has 2 atom stereocenters. The van der Waals surface area contributed by atoms with E-state index >= 15 is 0 Å². The predicted octanol–water partition coefficient (Wildman–Crippen LogP) is 2.18. The number of benzene rings is 1. The molecule has 0 bridgehead atoms. The van der Waals surface area contributed by atoms with Crippen LogP contribution in [0.1, 0.15) is 24.9 Å². The lowest BCUT2D eigenvalue weighted by molar-refractivity contribution is 0.572. The second-order valence-corrected chi connectivity index (χ2v) is 7.39. The Labute approximate surface area is 107 Å². The lowest BCUT2D eigenvalue weighted by Gasteiger charge is -2.16. The molecule has 94 valence electrons. The molecule has 0 amide bonds. The van der Waals surface area contributed by atoms with Crippen LogP contribution in [0.15, 0.2) is 24.3 Å². The minimum absolute atomic E-state index is 0.147. The molecule has 0 aromatic heterocycles. The second-order valence-electron chi connectivity index (χ2n) is 4.49. The van der Waals surface area contributed by atoms with Crippen molar-refractivity contribution >= 4 is 21.4 Å². The van der Waals surface area contributed by atoms with E-state index in [4.69, 9.17) is 11.6 Å². The van der Waals surface area contributed by atoms with Gasteiger partial charge in [-0.05, 0) is 37.6 Å². The highest BCUT2D eigenvalue weighted by Crippen LogP contribution is 2.23. The molecule has 17 heavy (non-hydrogen) atoms. The number of nitrogens with one attached hydrogen (secondary N) is 1. The van der Waals surface area contributed by atoms with Gasteiger partial charge in [0.1, 0.15) is 0 Å². The molecule has 1 fully saturated rings. The average molecular weight is 274 g/mol. The highest BCUT2D eigenvalue weighted by atomic mass is 35.5. The van der Waals surface area contributed by atoms with E-state index in [1.54, 1.807) is 13.0 Å². The van der Waals surface area contributed by atoms with E-state index in [0.717, 1.165) is 12.1 Å². The van der Waals surface area contributed by atoms with E-state index in [1.807, 2.05) is 18.2 Å². The molecule has 1 N–H and O–H groups in total. The van der Waals surface area contributed by atoms with E-state index in [1.165, 1.54) is 0 Å². The Morgan fingerprint density at radius 3 is 2.88 bits per heavy atom. The Morgan fingerprint density at radius 2 is 2.18 bits per heavy atom. The zero-order valence-electron chi connectivity index (χ0n) is 9.69. The minimum atomic E-state index is -3.01. The average Bonchev–Trinajstić information content (AvgIpc) is 2.39. The van der Waals surface area contributed by atoms with Gasteiger partial charge in [-0.25, -0.2) is 8.42 Å². The summed E-state index contributed by atoms with van der Waals surface area (Å²) in [4.78, 5) is 0. The molecule has 0 radical (unpaired) electrons. The first-order valence-electron chi connectivity index (χ1n) is 5.69. The summed E-state index contributed by atoms with van der Waals surface area (Å²) in [5.74, 6) is 0.147. The molecule has 1 aliphatic rings. The maximum absolute atomic E-state index is 12.0. The van der Waals surface area contributed by atoms with Crippen LogP contribution < -0.4 is 5.32 Å². The van der Waals surface area contributed by atoms with Gasteiger partial charge in [0.05, 0.1) is 11.0 Å².